The Hall–Kier alpha value is -2.41. The number of carbonyl (C=O) groups excluding carboxylic acids is 3. The van der Waals surface area contributed by atoms with Crippen molar-refractivity contribution >= 4 is 28.9 Å². The Morgan fingerprint density at radius 1 is 1.19 bits per heavy atom. The zero-order valence-electron chi connectivity index (χ0n) is 14.7. The number of nitrogens with one attached hydrogen (secondary N) is 1. The Labute approximate surface area is 156 Å². The molecule has 6 nitrogen and oxygen atoms in total. The van der Waals surface area contributed by atoms with E-state index < -0.39 is 0 Å². The highest BCUT2D eigenvalue weighted by Gasteiger charge is 2.25. The molecule has 0 radical (unpaired) electrons. The first-order chi connectivity index (χ1) is 12.5. The van der Waals surface area contributed by atoms with Crippen LogP contribution in [0.5, 0.6) is 0 Å². The van der Waals surface area contributed by atoms with E-state index in [9.17, 15) is 14.4 Å². The van der Waals surface area contributed by atoms with Crippen molar-refractivity contribution in [1.29, 1.82) is 0 Å². The SMILES string of the molecule is Cc1ccc(C(=O)CCC(=O)NC2CCN(C(=O)c3ccco3)CC2)s1. The molecule has 0 atom stereocenters. The molecule has 1 fully saturated rings. The fraction of sp³-hybridized carbons (Fsp3) is 0.421. The first-order valence-corrected chi connectivity index (χ1v) is 9.56. The maximum Gasteiger partial charge on any atom is 0.289 e. The Kier molecular flexibility index (Phi) is 5.88. The summed E-state index contributed by atoms with van der Waals surface area (Å²) in [7, 11) is 0. The monoisotopic (exact) mass is 374 g/mol. The maximum absolute atomic E-state index is 12.2. The van der Waals surface area contributed by atoms with Crippen LogP contribution in [0, 0.1) is 6.92 Å². The van der Waals surface area contributed by atoms with Crippen molar-refractivity contribution in [2.45, 2.75) is 38.6 Å². The van der Waals surface area contributed by atoms with Gasteiger partial charge in [-0.1, -0.05) is 0 Å². The van der Waals surface area contributed by atoms with Gasteiger partial charge < -0.3 is 14.6 Å². The number of carbonyl (C=O) groups is 3. The van der Waals surface area contributed by atoms with Gasteiger partial charge in [0.1, 0.15) is 0 Å². The van der Waals surface area contributed by atoms with E-state index in [1.54, 1.807) is 17.0 Å². The number of ketones is 1. The van der Waals surface area contributed by atoms with Gasteiger partial charge in [0.15, 0.2) is 11.5 Å². The van der Waals surface area contributed by atoms with Crippen LogP contribution in [0.15, 0.2) is 34.9 Å². The fourth-order valence-corrected chi connectivity index (χ4v) is 3.85. The quantitative estimate of drug-likeness (QED) is 0.788. The van der Waals surface area contributed by atoms with Gasteiger partial charge in [0.25, 0.3) is 5.91 Å². The summed E-state index contributed by atoms with van der Waals surface area (Å²) >= 11 is 1.46. The highest BCUT2D eigenvalue weighted by molar-refractivity contribution is 7.14. The number of rotatable bonds is 6. The normalized spacial score (nSPS) is 15.0. The molecule has 0 saturated carbocycles. The first-order valence-electron chi connectivity index (χ1n) is 8.74. The van der Waals surface area contributed by atoms with E-state index in [0.717, 1.165) is 4.88 Å². The summed E-state index contributed by atoms with van der Waals surface area (Å²) < 4.78 is 5.14. The second-order valence-electron chi connectivity index (χ2n) is 6.44. The van der Waals surface area contributed by atoms with Crippen molar-refractivity contribution < 1.29 is 18.8 Å². The average molecular weight is 374 g/mol. The molecule has 1 aliphatic rings. The second-order valence-corrected chi connectivity index (χ2v) is 7.73. The van der Waals surface area contributed by atoms with Crippen molar-refractivity contribution in [3.8, 4) is 0 Å². The largest absolute Gasteiger partial charge is 0.459 e. The van der Waals surface area contributed by atoms with Crippen LogP contribution in [0.4, 0.5) is 0 Å². The summed E-state index contributed by atoms with van der Waals surface area (Å²) in [5.41, 5.74) is 0. The number of furan rings is 1. The van der Waals surface area contributed by atoms with Crippen LogP contribution in [0.2, 0.25) is 0 Å². The third-order valence-electron chi connectivity index (χ3n) is 4.47. The summed E-state index contributed by atoms with van der Waals surface area (Å²) in [5.74, 6) is 0.131. The van der Waals surface area contributed by atoms with E-state index in [4.69, 9.17) is 4.42 Å². The van der Waals surface area contributed by atoms with E-state index in [1.807, 2.05) is 19.1 Å². The van der Waals surface area contributed by atoms with Gasteiger partial charge in [0.05, 0.1) is 11.1 Å². The number of hydrogen-bond acceptors (Lipinski definition) is 5. The molecule has 138 valence electrons. The Morgan fingerprint density at radius 3 is 2.58 bits per heavy atom. The van der Waals surface area contributed by atoms with Gasteiger partial charge in [-0.15, -0.1) is 11.3 Å². The minimum Gasteiger partial charge on any atom is -0.459 e. The van der Waals surface area contributed by atoms with Gasteiger partial charge in [-0.2, -0.15) is 0 Å². The van der Waals surface area contributed by atoms with E-state index in [-0.39, 0.29) is 36.5 Å². The molecule has 0 aliphatic carbocycles. The molecular formula is C19H22N2O4S. The summed E-state index contributed by atoms with van der Waals surface area (Å²) in [4.78, 5) is 39.9. The predicted molar refractivity (Wildman–Crippen MR) is 98.4 cm³/mol. The van der Waals surface area contributed by atoms with Crippen LogP contribution in [0.3, 0.4) is 0 Å². The highest BCUT2D eigenvalue weighted by Crippen LogP contribution is 2.18. The number of amides is 2. The zero-order valence-corrected chi connectivity index (χ0v) is 15.5. The molecule has 2 aromatic heterocycles. The number of nitrogens with zero attached hydrogens (tertiary/aromatic N) is 1. The van der Waals surface area contributed by atoms with Crippen LogP contribution in [-0.2, 0) is 4.79 Å². The lowest BCUT2D eigenvalue weighted by Gasteiger charge is -2.31. The van der Waals surface area contributed by atoms with Gasteiger partial charge in [-0.05, 0) is 44.0 Å². The third-order valence-corrected chi connectivity index (χ3v) is 5.52. The van der Waals surface area contributed by atoms with Crippen LogP contribution in [-0.4, -0.2) is 41.6 Å². The van der Waals surface area contributed by atoms with Crippen LogP contribution >= 0.6 is 11.3 Å². The molecule has 7 heteroatoms. The first kappa shape index (κ1) is 18.4. The van der Waals surface area contributed by atoms with Crippen LogP contribution < -0.4 is 5.32 Å². The Balaban J connectivity index is 1.39. The number of hydrogen-bond donors (Lipinski definition) is 1. The minimum absolute atomic E-state index is 0.0112. The number of piperidine rings is 1. The lowest BCUT2D eigenvalue weighted by Crippen LogP contribution is -2.46. The van der Waals surface area contributed by atoms with E-state index in [0.29, 0.717) is 36.6 Å². The smallest absolute Gasteiger partial charge is 0.289 e. The average Bonchev–Trinajstić information content (AvgIpc) is 3.31. The molecule has 0 aromatic carbocycles. The van der Waals surface area contributed by atoms with Crippen molar-refractivity contribution in [1.82, 2.24) is 10.2 Å². The maximum atomic E-state index is 12.2. The summed E-state index contributed by atoms with van der Waals surface area (Å²) in [5, 5.41) is 2.98. The van der Waals surface area contributed by atoms with E-state index >= 15 is 0 Å². The summed E-state index contributed by atoms with van der Waals surface area (Å²) in [6, 6.07) is 7.12. The molecule has 0 bridgehead atoms. The molecule has 1 N–H and O–H groups in total. The van der Waals surface area contributed by atoms with E-state index in [1.165, 1.54) is 17.6 Å². The molecule has 26 heavy (non-hydrogen) atoms. The van der Waals surface area contributed by atoms with Crippen molar-refractivity contribution in [3.05, 3.63) is 46.0 Å². The van der Waals surface area contributed by atoms with Gasteiger partial charge in [-0.25, -0.2) is 0 Å². The Bertz CT molecular complexity index is 773. The van der Waals surface area contributed by atoms with Crippen LogP contribution in [0.25, 0.3) is 0 Å². The zero-order chi connectivity index (χ0) is 18.5. The lowest BCUT2D eigenvalue weighted by atomic mass is 10.0. The molecule has 0 spiro atoms. The standard InChI is InChI=1S/C19H22N2O4S/c1-13-4-6-17(26-13)15(22)5-7-18(23)20-14-8-10-21(11-9-14)19(24)16-3-2-12-25-16/h2-4,6,12,14H,5,7-11H2,1H3,(H,20,23). The molecule has 0 unspecified atom stereocenters. The van der Waals surface area contributed by atoms with Crippen molar-refractivity contribution in [2.75, 3.05) is 13.1 Å². The topological polar surface area (TPSA) is 79.6 Å². The van der Waals surface area contributed by atoms with Crippen LogP contribution in [0.1, 0.15) is 50.8 Å². The molecule has 2 amide bonds. The second kappa shape index (κ2) is 8.31. The number of aryl methyl sites for hydroxylation is 1. The highest BCUT2D eigenvalue weighted by atomic mass is 32.1. The molecule has 1 aliphatic heterocycles. The molecular weight excluding hydrogens is 352 g/mol. The van der Waals surface area contributed by atoms with E-state index in [2.05, 4.69) is 5.32 Å². The fourth-order valence-electron chi connectivity index (χ4n) is 3.02. The number of Topliss-reactive ketones (excluding diaryl/α,β-unsaturated/α-hetero) is 1. The Morgan fingerprint density at radius 2 is 1.96 bits per heavy atom. The predicted octanol–water partition coefficient (Wildman–Crippen LogP) is 3.03. The van der Waals surface area contributed by atoms with Gasteiger partial charge in [0.2, 0.25) is 5.91 Å². The number of thiophene rings is 1. The lowest BCUT2D eigenvalue weighted by molar-refractivity contribution is -0.122. The number of likely N-dealkylation sites (tertiary alicyclic amines) is 1. The molecule has 2 aromatic rings. The molecule has 3 heterocycles. The summed E-state index contributed by atoms with van der Waals surface area (Å²) in [6.45, 7) is 3.12. The van der Waals surface area contributed by atoms with Gasteiger partial charge in [-0.3, -0.25) is 14.4 Å². The molecule has 3 rings (SSSR count). The van der Waals surface area contributed by atoms with Gasteiger partial charge >= 0.3 is 0 Å². The van der Waals surface area contributed by atoms with Gasteiger partial charge in [0, 0.05) is 36.9 Å². The third kappa shape index (κ3) is 4.60. The molecule has 1 saturated heterocycles. The minimum atomic E-state index is -0.114. The van der Waals surface area contributed by atoms with Crippen molar-refractivity contribution in [2.24, 2.45) is 0 Å². The summed E-state index contributed by atoms with van der Waals surface area (Å²) in [6.07, 6.45) is 3.31. The van der Waals surface area contributed by atoms with Crippen molar-refractivity contribution in [3.63, 3.8) is 0 Å².